The smallest absolute Gasteiger partial charge is 0.0670 e. The Hall–Kier alpha value is -0.580. The molecule has 0 aliphatic carbocycles. The highest BCUT2D eigenvalue weighted by Crippen LogP contribution is 2.31. The van der Waals surface area contributed by atoms with Gasteiger partial charge in [-0.1, -0.05) is 28.9 Å². The molecule has 1 saturated heterocycles. The van der Waals surface area contributed by atoms with Crippen LogP contribution in [0.2, 0.25) is 0 Å². The maximum atomic E-state index is 6.08. The maximum absolute atomic E-state index is 6.08. The molecule has 100 valence electrons. The third-order valence-corrected chi connectivity index (χ3v) is 3.98. The molecule has 1 heterocycles. The molecule has 18 heavy (non-hydrogen) atoms. The number of halogens is 1. The van der Waals surface area contributed by atoms with Crippen LogP contribution >= 0.6 is 15.9 Å². The van der Waals surface area contributed by atoms with Crippen molar-refractivity contribution >= 4 is 21.6 Å². The minimum atomic E-state index is 0.0495. The average molecular weight is 313 g/mol. The van der Waals surface area contributed by atoms with E-state index in [1.165, 1.54) is 11.3 Å². The van der Waals surface area contributed by atoms with Gasteiger partial charge in [0.2, 0.25) is 0 Å². The van der Waals surface area contributed by atoms with Gasteiger partial charge in [0.25, 0.3) is 0 Å². The second-order valence-electron chi connectivity index (χ2n) is 4.82. The molecule has 0 bridgehead atoms. The summed E-state index contributed by atoms with van der Waals surface area (Å²) in [5, 5.41) is 0. The summed E-state index contributed by atoms with van der Waals surface area (Å²) in [6.07, 6.45) is 1.09. The molecule has 4 heteroatoms. The first kappa shape index (κ1) is 13.8. The van der Waals surface area contributed by atoms with Gasteiger partial charge in [0, 0.05) is 22.7 Å². The summed E-state index contributed by atoms with van der Waals surface area (Å²) in [7, 11) is 0. The van der Waals surface area contributed by atoms with Crippen LogP contribution < -0.4 is 10.6 Å². The van der Waals surface area contributed by atoms with E-state index >= 15 is 0 Å². The minimum Gasteiger partial charge on any atom is -0.377 e. The molecule has 1 fully saturated rings. The fraction of sp³-hybridized carbons (Fsp3) is 0.571. The number of nitrogens with zero attached hydrogens (tertiary/aromatic N) is 1. The van der Waals surface area contributed by atoms with Gasteiger partial charge in [-0.25, -0.2) is 0 Å². The molecule has 2 unspecified atom stereocenters. The predicted octanol–water partition coefficient (Wildman–Crippen LogP) is 3.08. The largest absolute Gasteiger partial charge is 0.377 e. The van der Waals surface area contributed by atoms with Crippen molar-refractivity contribution in [2.75, 3.05) is 24.7 Å². The quantitative estimate of drug-likeness (QED) is 0.932. The van der Waals surface area contributed by atoms with E-state index in [1.54, 1.807) is 0 Å². The van der Waals surface area contributed by atoms with Gasteiger partial charge in [0.05, 0.1) is 19.3 Å². The van der Waals surface area contributed by atoms with E-state index in [2.05, 4.69) is 46.0 Å². The van der Waals surface area contributed by atoms with Gasteiger partial charge >= 0.3 is 0 Å². The number of morpholine rings is 1. The van der Waals surface area contributed by atoms with E-state index in [4.69, 9.17) is 10.5 Å². The number of benzene rings is 1. The Balaban J connectivity index is 2.37. The van der Waals surface area contributed by atoms with Crippen molar-refractivity contribution in [3.63, 3.8) is 0 Å². The molecule has 1 aliphatic rings. The van der Waals surface area contributed by atoms with Crippen molar-refractivity contribution in [3.8, 4) is 0 Å². The number of hydrogen-bond acceptors (Lipinski definition) is 3. The summed E-state index contributed by atoms with van der Waals surface area (Å²) in [5.74, 6) is 0. The highest BCUT2D eigenvalue weighted by atomic mass is 79.9. The lowest BCUT2D eigenvalue weighted by molar-refractivity contribution is 0.0929. The van der Waals surface area contributed by atoms with Crippen molar-refractivity contribution in [1.82, 2.24) is 0 Å². The summed E-state index contributed by atoms with van der Waals surface area (Å²) in [4.78, 5) is 2.44. The maximum Gasteiger partial charge on any atom is 0.0670 e. The lowest BCUT2D eigenvalue weighted by atomic mass is 10.0. The third-order valence-electron chi connectivity index (χ3n) is 3.49. The zero-order valence-electron chi connectivity index (χ0n) is 11.0. The van der Waals surface area contributed by atoms with Crippen LogP contribution in [0.5, 0.6) is 0 Å². The first-order chi connectivity index (χ1) is 8.63. The summed E-state index contributed by atoms with van der Waals surface area (Å²) < 4.78 is 6.67. The van der Waals surface area contributed by atoms with Crippen molar-refractivity contribution < 1.29 is 4.74 Å². The topological polar surface area (TPSA) is 38.5 Å². The average Bonchev–Trinajstić information content (AvgIpc) is 2.38. The first-order valence-corrected chi connectivity index (χ1v) is 7.32. The zero-order chi connectivity index (χ0) is 13.1. The number of ether oxygens (including phenoxy) is 1. The first-order valence-electron chi connectivity index (χ1n) is 6.53. The van der Waals surface area contributed by atoms with Crippen LogP contribution in [0.1, 0.15) is 31.9 Å². The van der Waals surface area contributed by atoms with E-state index in [-0.39, 0.29) is 6.04 Å². The molecule has 0 radical (unpaired) electrons. The van der Waals surface area contributed by atoms with Crippen LogP contribution in [0.4, 0.5) is 5.69 Å². The Morgan fingerprint density at radius 2 is 2.33 bits per heavy atom. The van der Waals surface area contributed by atoms with Crippen LogP contribution in [0, 0.1) is 0 Å². The lowest BCUT2D eigenvalue weighted by Gasteiger charge is -2.38. The summed E-state index contributed by atoms with van der Waals surface area (Å²) in [6, 6.07) is 6.85. The molecule has 2 rings (SSSR count). The monoisotopic (exact) mass is 312 g/mol. The van der Waals surface area contributed by atoms with Crippen LogP contribution in [0.25, 0.3) is 0 Å². The van der Waals surface area contributed by atoms with Crippen LogP contribution in [0.15, 0.2) is 22.7 Å². The second-order valence-corrected chi connectivity index (χ2v) is 5.74. The Bertz CT molecular complexity index is 409. The molecular weight excluding hydrogens is 292 g/mol. The molecule has 0 amide bonds. The van der Waals surface area contributed by atoms with Crippen LogP contribution in [-0.4, -0.2) is 25.8 Å². The second kappa shape index (κ2) is 6.04. The molecular formula is C14H21BrN2O. The van der Waals surface area contributed by atoms with E-state index in [0.717, 1.165) is 30.7 Å². The molecule has 2 atom stereocenters. The van der Waals surface area contributed by atoms with Gasteiger partial charge in [-0.05, 0) is 31.0 Å². The van der Waals surface area contributed by atoms with Crippen LogP contribution in [0.3, 0.4) is 0 Å². The number of rotatable bonds is 3. The molecule has 3 nitrogen and oxygen atoms in total. The standard InChI is InChI=1S/C14H21BrN2O/c1-3-12-9-18-7-6-17(12)14-8-11(15)4-5-13(14)10(2)16/h4-5,8,10,12H,3,6-7,9,16H2,1-2H3. The summed E-state index contributed by atoms with van der Waals surface area (Å²) in [5.41, 5.74) is 8.54. The Kier molecular flexibility index (Phi) is 4.65. The zero-order valence-corrected chi connectivity index (χ0v) is 12.6. The lowest BCUT2D eigenvalue weighted by Crippen LogP contribution is -2.45. The predicted molar refractivity (Wildman–Crippen MR) is 79.0 cm³/mol. The van der Waals surface area contributed by atoms with Crippen molar-refractivity contribution in [1.29, 1.82) is 0 Å². The Morgan fingerprint density at radius 3 is 3.00 bits per heavy atom. The van der Waals surface area contributed by atoms with E-state index in [9.17, 15) is 0 Å². The fourth-order valence-electron chi connectivity index (χ4n) is 2.46. The van der Waals surface area contributed by atoms with Gasteiger partial charge in [-0.3, -0.25) is 0 Å². The molecule has 1 aromatic carbocycles. The summed E-state index contributed by atoms with van der Waals surface area (Å²) >= 11 is 3.56. The molecule has 0 aromatic heterocycles. The molecule has 0 spiro atoms. The molecule has 1 aromatic rings. The molecule has 1 aliphatic heterocycles. The SMILES string of the molecule is CCC1COCCN1c1cc(Br)ccc1C(C)N. The van der Waals surface area contributed by atoms with Gasteiger partial charge < -0.3 is 15.4 Å². The van der Waals surface area contributed by atoms with Crippen LogP contribution in [-0.2, 0) is 4.74 Å². The molecule has 0 saturated carbocycles. The highest BCUT2D eigenvalue weighted by Gasteiger charge is 2.24. The number of nitrogens with two attached hydrogens (primary N) is 1. The van der Waals surface area contributed by atoms with Gasteiger partial charge in [-0.15, -0.1) is 0 Å². The Labute approximate surface area is 117 Å². The number of anilines is 1. The third kappa shape index (κ3) is 2.87. The van der Waals surface area contributed by atoms with Gasteiger partial charge in [-0.2, -0.15) is 0 Å². The van der Waals surface area contributed by atoms with Crippen molar-refractivity contribution in [2.24, 2.45) is 5.73 Å². The van der Waals surface area contributed by atoms with E-state index in [1.807, 2.05) is 6.92 Å². The van der Waals surface area contributed by atoms with Crippen molar-refractivity contribution in [3.05, 3.63) is 28.2 Å². The van der Waals surface area contributed by atoms with Gasteiger partial charge in [0.1, 0.15) is 0 Å². The van der Waals surface area contributed by atoms with E-state index in [0.29, 0.717) is 6.04 Å². The molecule has 2 N–H and O–H groups in total. The highest BCUT2D eigenvalue weighted by molar-refractivity contribution is 9.10. The normalized spacial score (nSPS) is 22.0. The minimum absolute atomic E-state index is 0.0495. The Morgan fingerprint density at radius 1 is 1.56 bits per heavy atom. The van der Waals surface area contributed by atoms with Crippen molar-refractivity contribution in [2.45, 2.75) is 32.4 Å². The van der Waals surface area contributed by atoms with Gasteiger partial charge in [0.15, 0.2) is 0 Å². The summed E-state index contributed by atoms with van der Waals surface area (Å²) in [6.45, 7) is 6.78. The number of hydrogen-bond donors (Lipinski definition) is 1. The van der Waals surface area contributed by atoms with E-state index < -0.39 is 0 Å². The fourth-order valence-corrected chi connectivity index (χ4v) is 2.81.